The van der Waals surface area contributed by atoms with E-state index < -0.39 is 22.5 Å². The molecule has 0 spiro atoms. The minimum absolute atomic E-state index is 0.310. The minimum atomic E-state index is -1.87. The maximum Gasteiger partial charge on any atom is 0.304 e. The fourth-order valence-electron chi connectivity index (χ4n) is 3.45. The second-order valence-electron chi connectivity index (χ2n) is 8.61. The molecule has 0 heterocycles. The number of rotatable bonds is 8. The first kappa shape index (κ1) is 24.2. The van der Waals surface area contributed by atoms with Crippen LogP contribution in [0.1, 0.15) is 48.5 Å². The molecule has 0 rings (SSSR count). The van der Waals surface area contributed by atoms with Crippen LogP contribution < -0.4 is 0 Å². The van der Waals surface area contributed by atoms with E-state index in [1.807, 2.05) is 12.2 Å². The average molecular weight is 383 g/mol. The lowest BCUT2D eigenvalue weighted by Crippen LogP contribution is -2.47. The normalized spacial score (nSPS) is 14.1. The van der Waals surface area contributed by atoms with Crippen molar-refractivity contribution >= 4 is 22.4 Å². The van der Waals surface area contributed by atoms with Gasteiger partial charge in [-0.2, -0.15) is 0 Å². The molecule has 1 atom stereocenters. The van der Waals surface area contributed by atoms with Crippen LogP contribution in [0.15, 0.2) is 12.2 Å². The van der Waals surface area contributed by atoms with Crippen LogP contribution in [0.4, 0.5) is 0 Å². The van der Waals surface area contributed by atoms with E-state index >= 15 is 0 Å². The Hall–Kier alpha value is -0.836. The molecule has 0 N–H and O–H groups in total. The van der Waals surface area contributed by atoms with Gasteiger partial charge in [0.25, 0.3) is 0 Å². The van der Waals surface area contributed by atoms with Crippen LogP contribution in [0.5, 0.6) is 0 Å². The summed E-state index contributed by atoms with van der Waals surface area (Å²) in [6.07, 6.45) is 3.33. The second kappa shape index (κ2) is 10.3. The van der Waals surface area contributed by atoms with Gasteiger partial charge in [-0.3, -0.25) is 4.79 Å². The minimum Gasteiger partial charge on any atom is -0.445 e. The van der Waals surface area contributed by atoms with Crippen LogP contribution in [-0.4, -0.2) is 35.1 Å². The summed E-state index contributed by atoms with van der Waals surface area (Å²) in [4.78, 5) is 11.3. The Balaban J connectivity index is 5.13. The van der Waals surface area contributed by atoms with Crippen molar-refractivity contribution in [3.63, 3.8) is 0 Å². The zero-order valence-electron chi connectivity index (χ0n) is 17.9. The molecule has 0 fully saturated rings. The Bertz CT molecular complexity index is 483. The molecule has 5 heteroatoms. The van der Waals surface area contributed by atoms with Gasteiger partial charge in [0.2, 0.25) is 8.32 Å². The summed E-state index contributed by atoms with van der Waals surface area (Å²) >= 11 is 0. The SMILES string of the molecule is CC(=O)O[C@@H](C#C[Si](C)(C)C)C=CCO[Si](C(C)C)(C(C)C)C(C)C. The molecule has 0 aromatic heterocycles. The molecule has 144 valence electrons. The molecule has 0 unspecified atom stereocenters. The van der Waals surface area contributed by atoms with E-state index in [-0.39, 0.29) is 5.97 Å². The van der Waals surface area contributed by atoms with Crippen LogP contribution in [0.3, 0.4) is 0 Å². The molecule has 0 aromatic rings. The highest BCUT2D eigenvalue weighted by Gasteiger charge is 2.44. The molecule has 0 saturated heterocycles. The second-order valence-corrected chi connectivity index (χ2v) is 18.8. The lowest BCUT2D eigenvalue weighted by atomic mass is 10.3. The molecule has 0 radical (unpaired) electrons. The molecule has 0 aliphatic rings. The summed E-state index contributed by atoms with van der Waals surface area (Å²) in [5, 5.41) is 0. The van der Waals surface area contributed by atoms with Gasteiger partial charge in [0, 0.05) is 6.92 Å². The van der Waals surface area contributed by atoms with E-state index in [0.29, 0.717) is 23.2 Å². The monoisotopic (exact) mass is 382 g/mol. The van der Waals surface area contributed by atoms with Gasteiger partial charge in [-0.1, -0.05) is 73.2 Å². The number of carbonyl (C=O) groups excluding carboxylic acids is 1. The lowest BCUT2D eigenvalue weighted by molar-refractivity contribution is -0.142. The maximum absolute atomic E-state index is 11.3. The highest BCUT2D eigenvalue weighted by Crippen LogP contribution is 2.42. The number of hydrogen-bond acceptors (Lipinski definition) is 3. The first-order chi connectivity index (χ1) is 11.3. The van der Waals surface area contributed by atoms with Crippen molar-refractivity contribution in [2.24, 2.45) is 0 Å². The molecule has 25 heavy (non-hydrogen) atoms. The Morgan fingerprint density at radius 3 is 1.84 bits per heavy atom. The summed E-state index contributed by atoms with van der Waals surface area (Å²) in [5.74, 6) is 2.79. The number of carbonyl (C=O) groups is 1. The van der Waals surface area contributed by atoms with Gasteiger partial charge in [0.1, 0.15) is 8.07 Å². The summed E-state index contributed by atoms with van der Waals surface area (Å²) in [6.45, 7) is 22.1. The topological polar surface area (TPSA) is 35.5 Å². The molecule has 0 amide bonds. The predicted molar refractivity (Wildman–Crippen MR) is 113 cm³/mol. The largest absolute Gasteiger partial charge is 0.445 e. The van der Waals surface area contributed by atoms with Crippen molar-refractivity contribution in [1.82, 2.24) is 0 Å². The molecule has 0 aromatic carbocycles. The molecule has 0 aliphatic carbocycles. The zero-order chi connectivity index (χ0) is 19.8. The van der Waals surface area contributed by atoms with Gasteiger partial charge >= 0.3 is 5.97 Å². The summed E-state index contributed by atoms with van der Waals surface area (Å²) in [6, 6.07) is 0. The van der Waals surface area contributed by atoms with Gasteiger partial charge < -0.3 is 9.16 Å². The highest BCUT2D eigenvalue weighted by molar-refractivity contribution is 6.83. The smallest absolute Gasteiger partial charge is 0.304 e. The third kappa shape index (κ3) is 8.39. The fraction of sp³-hybridized carbons (Fsp3) is 0.750. The Kier molecular flexibility index (Phi) is 10.00. The molecular formula is C20H38O3Si2. The van der Waals surface area contributed by atoms with Gasteiger partial charge in [0.05, 0.1) is 6.61 Å². The van der Waals surface area contributed by atoms with Crippen molar-refractivity contribution in [3.8, 4) is 11.5 Å². The van der Waals surface area contributed by atoms with Crippen molar-refractivity contribution in [2.75, 3.05) is 6.61 Å². The summed E-state index contributed by atoms with van der Waals surface area (Å²) in [7, 11) is -3.37. The van der Waals surface area contributed by atoms with E-state index in [4.69, 9.17) is 9.16 Å². The average Bonchev–Trinajstić information content (AvgIpc) is 2.41. The van der Waals surface area contributed by atoms with Crippen molar-refractivity contribution in [1.29, 1.82) is 0 Å². The number of esters is 1. The van der Waals surface area contributed by atoms with Crippen LogP contribution in [0.2, 0.25) is 36.3 Å². The standard InChI is InChI=1S/C20H38O3Si2/c1-16(2)25(17(3)4,18(5)6)22-14-11-12-20(23-19(7)21)13-15-24(8,9)10/h11-12,16-18,20H,14H2,1-10H3/t20-/m1/s1. The Labute approximate surface area is 157 Å². The van der Waals surface area contributed by atoms with Gasteiger partial charge in [-0.25, -0.2) is 0 Å². The first-order valence-corrected chi connectivity index (χ1v) is 15.0. The van der Waals surface area contributed by atoms with Crippen molar-refractivity contribution in [3.05, 3.63) is 12.2 Å². The zero-order valence-corrected chi connectivity index (χ0v) is 19.9. The lowest BCUT2D eigenvalue weighted by Gasteiger charge is -2.41. The molecule has 0 saturated carbocycles. The summed E-state index contributed by atoms with van der Waals surface area (Å²) < 4.78 is 11.8. The van der Waals surface area contributed by atoms with Crippen LogP contribution in [-0.2, 0) is 14.0 Å². The fourth-order valence-corrected chi connectivity index (χ4v) is 9.42. The predicted octanol–water partition coefficient (Wildman–Crippen LogP) is 5.55. The molecule has 0 aliphatic heterocycles. The van der Waals surface area contributed by atoms with E-state index in [2.05, 4.69) is 72.6 Å². The highest BCUT2D eigenvalue weighted by atomic mass is 28.4. The van der Waals surface area contributed by atoms with Gasteiger partial charge in [0.15, 0.2) is 6.10 Å². The number of hydrogen-bond donors (Lipinski definition) is 0. The van der Waals surface area contributed by atoms with Gasteiger partial charge in [-0.05, 0) is 22.7 Å². The summed E-state index contributed by atoms with van der Waals surface area (Å²) in [5.41, 5.74) is 4.93. The first-order valence-electron chi connectivity index (χ1n) is 9.33. The van der Waals surface area contributed by atoms with Crippen molar-refractivity contribution in [2.45, 2.75) is 90.8 Å². The van der Waals surface area contributed by atoms with Crippen LogP contribution in [0.25, 0.3) is 0 Å². The third-order valence-electron chi connectivity index (χ3n) is 4.33. The molecule has 3 nitrogen and oxygen atoms in total. The van der Waals surface area contributed by atoms with Crippen LogP contribution in [0, 0.1) is 11.5 Å². The molecule has 0 bridgehead atoms. The van der Waals surface area contributed by atoms with E-state index in [1.54, 1.807) is 0 Å². The third-order valence-corrected chi connectivity index (χ3v) is 11.3. The van der Waals surface area contributed by atoms with E-state index in [0.717, 1.165) is 0 Å². The van der Waals surface area contributed by atoms with Crippen LogP contribution >= 0.6 is 0 Å². The van der Waals surface area contributed by atoms with Gasteiger partial charge in [-0.15, -0.1) is 5.54 Å². The van der Waals surface area contributed by atoms with E-state index in [9.17, 15) is 4.79 Å². The van der Waals surface area contributed by atoms with E-state index in [1.165, 1.54) is 6.92 Å². The quantitative estimate of drug-likeness (QED) is 0.239. The number of ether oxygens (including phenoxy) is 1. The van der Waals surface area contributed by atoms with Crippen molar-refractivity contribution < 1.29 is 14.0 Å². The Morgan fingerprint density at radius 2 is 1.48 bits per heavy atom. The maximum atomic E-state index is 11.3. The molecular weight excluding hydrogens is 344 g/mol. The Morgan fingerprint density at radius 1 is 1.00 bits per heavy atom.